The van der Waals surface area contributed by atoms with E-state index in [1.807, 2.05) is 0 Å². The molecule has 1 fully saturated rings. The minimum Gasteiger partial charge on any atom is -0.452 e. The number of piperidine rings is 1. The lowest BCUT2D eigenvalue weighted by Crippen LogP contribution is -2.35. The number of hydrogen-bond donors (Lipinski definition) is 1. The van der Waals surface area contributed by atoms with Gasteiger partial charge in [0.2, 0.25) is 10.0 Å². The summed E-state index contributed by atoms with van der Waals surface area (Å²) in [4.78, 5) is 23.2. The SMILES string of the molecule is C/C=C/C(=O)OCC(=O)Nc1cc(S(=O)(=O)N2CCCCC2)ccc1Cl. The van der Waals surface area contributed by atoms with Crippen molar-refractivity contribution in [2.24, 2.45) is 0 Å². The lowest BCUT2D eigenvalue weighted by Gasteiger charge is -2.26. The summed E-state index contributed by atoms with van der Waals surface area (Å²) >= 11 is 6.05. The standard InChI is InChI=1S/C17H21ClN2O5S/c1-2-6-17(22)25-12-16(21)19-15-11-13(7-8-14(15)18)26(23,24)20-9-4-3-5-10-20/h2,6-8,11H,3-5,9-10,12H2,1H3,(H,19,21)/b6-2+. The van der Waals surface area contributed by atoms with Crippen molar-refractivity contribution < 1.29 is 22.7 Å². The summed E-state index contributed by atoms with van der Waals surface area (Å²) < 4.78 is 31.6. The van der Waals surface area contributed by atoms with Crippen LogP contribution in [-0.2, 0) is 24.3 Å². The van der Waals surface area contributed by atoms with Crippen molar-refractivity contribution in [1.82, 2.24) is 4.31 Å². The Hall–Kier alpha value is -1.90. The summed E-state index contributed by atoms with van der Waals surface area (Å²) in [6.07, 6.45) is 5.35. The Balaban J connectivity index is 2.11. The molecule has 0 saturated carbocycles. The Morgan fingerprint density at radius 3 is 2.62 bits per heavy atom. The number of ether oxygens (including phenoxy) is 1. The van der Waals surface area contributed by atoms with Gasteiger partial charge >= 0.3 is 5.97 Å². The zero-order chi connectivity index (χ0) is 19.2. The van der Waals surface area contributed by atoms with E-state index >= 15 is 0 Å². The molecule has 1 aromatic rings. The summed E-state index contributed by atoms with van der Waals surface area (Å²) in [6, 6.07) is 4.14. The molecule has 26 heavy (non-hydrogen) atoms. The van der Waals surface area contributed by atoms with Gasteiger partial charge in [-0.3, -0.25) is 4.79 Å². The monoisotopic (exact) mass is 400 g/mol. The summed E-state index contributed by atoms with van der Waals surface area (Å²) in [7, 11) is -3.64. The molecular weight excluding hydrogens is 380 g/mol. The molecule has 1 aliphatic heterocycles. The molecule has 2 rings (SSSR count). The average Bonchev–Trinajstić information content (AvgIpc) is 2.62. The topological polar surface area (TPSA) is 92.8 Å². The first kappa shape index (κ1) is 20.4. The van der Waals surface area contributed by atoms with Gasteiger partial charge in [0.25, 0.3) is 5.91 Å². The van der Waals surface area contributed by atoms with Gasteiger partial charge in [0.1, 0.15) is 0 Å². The van der Waals surface area contributed by atoms with Gasteiger partial charge < -0.3 is 10.1 Å². The maximum Gasteiger partial charge on any atom is 0.330 e. The van der Waals surface area contributed by atoms with Gasteiger partial charge in [-0.15, -0.1) is 0 Å². The lowest BCUT2D eigenvalue weighted by atomic mass is 10.2. The van der Waals surface area contributed by atoms with Crippen molar-refractivity contribution >= 4 is 39.2 Å². The molecular formula is C17H21ClN2O5S. The molecule has 0 aromatic heterocycles. The van der Waals surface area contributed by atoms with Crippen LogP contribution in [0.15, 0.2) is 35.2 Å². The third-order valence-electron chi connectivity index (χ3n) is 3.81. The van der Waals surface area contributed by atoms with E-state index in [1.165, 1.54) is 34.7 Å². The van der Waals surface area contributed by atoms with E-state index in [9.17, 15) is 18.0 Å². The number of hydrogen-bond acceptors (Lipinski definition) is 5. The number of sulfonamides is 1. The molecule has 1 amide bonds. The summed E-state index contributed by atoms with van der Waals surface area (Å²) in [5.74, 6) is -1.26. The maximum atomic E-state index is 12.7. The minimum absolute atomic E-state index is 0.0602. The first-order valence-corrected chi connectivity index (χ1v) is 10.1. The molecule has 0 unspecified atom stereocenters. The van der Waals surface area contributed by atoms with Crippen molar-refractivity contribution in [2.75, 3.05) is 25.0 Å². The van der Waals surface area contributed by atoms with Crippen LogP contribution in [0.1, 0.15) is 26.2 Å². The molecule has 1 heterocycles. The van der Waals surface area contributed by atoms with Crippen molar-refractivity contribution in [3.8, 4) is 0 Å². The highest BCUT2D eigenvalue weighted by molar-refractivity contribution is 7.89. The maximum absolute atomic E-state index is 12.7. The van der Waals surface area contributed by atoms with Crippen molar-refractivity contribution in [2.45, 2.75) is 31.1 Å². The highest BCUT2D eigenvalue weighted by atomic mass is 35.5. The van der Waals surface area contributed by atoms with Gasteiger partial charge in [0.05, 0.1) is 15.6 Å². The summed E-state index contributed by atoms with van der Waals surface area (Å²) in [6.45, 7) is 2.11. The molecule has 0 aliphatic carbocycles. The molecule has 7 nitrogen and oxygen atoms in total. The number of benzene rings is 1. The van der Waals surface area contributed by atoms with Crippen LogP contribution in [0.2, 0.25) is 5.02 Å². The van der Waals surface area contributed by atoms with E-state index < -0.39 is 28.5 Å². The third kappa shape index (κ3) is 5.30. The zero-order valence-electron chi connectivity index (χ0n) is 14.4. The van der Waals surface area contributed by atoms with Gasteiger partial charge in [-0.1, -0.05) is 24.1 Å². The van der Waals surface area contributed by atoms with Crippen LogP contribution >= 0.6 is 11.6 Å². The van der Waals surface area contributed by atoms with Crippen molar-refractivity contribution in [1.29, 1.82) is 0 Å². The molecule has 0 radical (unpaired) electrons. The Morgan fingerprint density at radius 2 is 1.96 bits per heavy atom. The normalized spacial score (nSPS) is 15.8. The van der Waals surface area contributed by atoms with Crippen LogP contribution in [0.25, 0.3) is 0 Å². The molecule has 142 valence electrons. The predicted octanol–water partition coefficient (Wildman–Crippen LogP) is 2.57. The number of carbonyl (C=O) groups excluding carboxylic acids is 2. The highest BCUT2D eigenvalue weighted by Crippen LogP contribution is 2.28. The Kier molecular flexibility index (Phi) is 7.19. The van der Waals surface area contributed by atoms with Gasteiger partial charge in [-0.2, -0.15) is 4.31 Å². The molecule has 1 aromatic carbocycles. The van der Waals surface area contributed by atoms with E-state index in [0.29, 0.717) is 13.1 Å². The Labute approximate surface area is 158 Å². The molecule has 1 N–H and O–H groups in total. The fourth-order valence-electron chi connectivity index (χ4n) is 2.52. The largest absolute Gasteiger partial charge is 0.452 e. The van der Waals surface area contributed by atoms with Gasteiger partial charge in [0, 0.05) is 19.2 Å². The summed E-state index contributed by atoms with van der Waals surface area (Å²) in [5, 5.41) is 2.66. The van der Waals surface area contributed by atoms with Gasteiger partial charge in [-0.05, 0) is 38.0 Å². The molecule has 0 spiro atoms. The average molecular weight is 401 g/mol. The molecule has 9 heteroatoms. The highest BCUT2D eigenvalue weighted by Gasteiger charge is 2.26. The first-order chi connectivity index (χ1) is 12.3. The Morgan fingerprint density at radius 1 is 1.27 bits per heavy atom. The van der Waals surface area contributed by atoms with Crippen molar-refractivity contribution in [3.05, 3.63) is 35.4 Å². The third-order valence-corrected chi connectivity index (χ3v) is 6.04. The quantitative estimate of drug-likeness (QED) is 0.585. The van der Waals surface area contributed by atoms with Crippen LogP contribution < -0.4 is 5.32 Å². The van der Waals surface area contributed by atoms with E-state index in [4.69, 9.17) is 16.3 Å². The van der Waals surface area contributed by atoms with Crippen LogP contribution in [0.4, 0.5) is 5.69 Å². The van der Waals surface area contributed by atoms with E-state index in [-0.39, 0.29) is 15.6 Å². The number of rotatable bonds is 6. The fourth-order valence-corrected chi connectivity index (χ4v) is 4.23. The first-order valence-electron chi connectivity index (χ1n) is 8.23. The van der Waals surface area contributed by atoms with Crippen molar-refractivity contribution in [3.63, 3.8) is 0 Å². The number of anilines is 1. The second-order valence-corrected chi connectivity index (χ2v) is 8.11. The molecule has 0 atom stereocenters. The lowest BCUT2D eigenvalue weighted by molar-refractivity contribution is -0.142. The van der Waals surface area contributed by atoms with Gasteiger partial charge in [-0.25, -0.2) is 13.2 Å². The number of nitrogens with one attached hydrogen (secondary N) is 1. The van der Waals surface area contributed by atoms with Gasteiger partial charge in [0.15, 0.2) is 6.61 Å². The number of halogens is 1. The van der Waals surface area contributed by atoms with Crippen LogP contribution in [0, 0.1) is 0 Å². The number of nitrogens with zero attached hydrogens (tertiary/aromatic N) is 1. The second-order valence-electron chi connectivity index (χ2n) is 5.76. The number of allylic oxidation sites excluding steroid dienone is 1. The van der Waals surface area contributed by atoms with E-state index in [1.54, 1.807) is 6.92 Å². The zero-order valence-corrected chi connectivity index (χ0v) is 16.0. The van der Waals surface area contributed by atoms with Crippen LogP contribution in [0.3, 0.4) is 0 Å². The number of amides is 1. The second kappa shape index (κ2) is 9.16. The fraction of sp³-hybridized carbons (Fsp3) is 0.412. The van der Waals surface area contributed by atoms with E-state index in [0.717, 1.165) is 19.3 Å². The predicted molar refractivity (Wildman–Crippen MR) is 98.5 cm³/mol. The minimum atomic E-state index is -3.64. The number of esters is 1. The number of carbonyl (C=O) groups is 2. The Bertz CT molecular complexity index is 801. The van der Waals surface area contributed by atoms with Crippen LogP contribution in [-0.4, -0.2) is 44.3 Å². The smallest absolute Gasteiger partial charge is 0.330 e. The van der Waals surface area contributed by atoms with Crippen LogP contribution in [0.5, 0.6) is 0 Å². The van der Waals surface area contributed by atoms with E-state index in [2.05, 4.69) is 5.32 Å². The molecule has 1 saturated heterocycles. The molecule has 1 aliphatic rings. The summed E-state index contributed by atoms with van der Waals surface area (Å²) in [5.41, 5.74) is 0.150. The molecule has 0 bridgehead atoms.